The van der Waals surface area contributed by atoms with Crippen molar-refractivity contribution < 1.29 is 28.0 Å². The van der Waals surface area contributed by atoms with Gasteiger partial charge in [-0.3, -0.25) is 9.05 Å². The standard InChI is InChI=1S/C28H63O6PSi2/c1-23(2,3)36(15,16)27(11,12)31-21-19-25(7,8)33-35(29,30)34-26(9,10)20-22-32-28(13,14)37(17,18)24(4,5)6/h19-22H2,1-18H3,(H,29,30). The monoisotopic (exact) mass is 582 g/mol. The largest absolute Gasteiger partial charge is 0.473 e. The molecule has 0 spiro atoms. The van der Waals surface area contributed by atoms with E-state index in [9.17, 15) is 9.46 Å². The molecular weight excluding hydrogens is 519 g/mol. The Kier molecular flexibility index (Phi) is 11.9. The third-order valence-electron chi connectivity index (χ3n) is 9.82. The van der Waals surface area contributed by atoms with E-state index in [1.807, 2.05) is 0 Å². The van der Waals surface area contributed by atoms with Crippen LogP contribution in [0.25, 0.3) is 0 Å². The van der Waals surface area contributed by atoms with Gasteiger partial charge in [0, 0.05) is 13.2 Å². The Morgan fingerprint density at radius 3 is 1.03 bits per heavy atom. The average Bonchev–Trinajstić information content (AvgIpc) is 2.56. The molecule has 224 valence electrons. The topological polar surface area (TPSA) is 74.2 Å². The van der Waals surface area contributed by atoms with Crippen molar-refractivity contribution in [3.63, 3.8) is 0 Å². The summed E-state index contributed by atoms with van der Waals surface area (Å²) in [5.74, 6) is 0. The van der Waals surface area contributed by atoms with Gasteiger partial charge in [-0.05, 0) is 78.3 Å². The summed E-state index contributed by atoms with van der Waals surface area (Å²) in [7, 11) is -7.82. The van der Waals surface area contributed by atoms with Crippen molar-refractivity contribution in [1.82, 2.24) is 0 Å². The summed E-state index contributed by atoms with van der Waals surface area (Å²) >= 11 is 0. The minimum atomic E-state index is -4.31. The van der Waals surface area contributed by atoms with Gasteiger partial charge in [0.2, 0.25) is 0 Å². The van der Waals surface area contributed by atoms with E-state index in [0.717, 1.165) is 0 Å². The van der Waals surface area contributed by atoms with E-state index in [2.05, 4.69) is 95.4 Å². The van der Waals surface area contributed by atoms with E-state index < -0.39 is 35.2 Å². The first-order valence-corrected chi connectivity index (χ1v) is 21.3. The Morgan fingerprint density at radius 2 is 0.811 bits per heavy atom. The van der Waals surface area contributed by atoms with Gasteiger partial charge in [-0.25, -0.2) is 4.57 Å². The van der Waals surface area contributed by atoms with Crippen LogP contribution in [0.2, 0.25) is 36.3 Å². The number of phosphoric ester groups is 1. The summed E-state index contributed by atoms with van der Waals surface area (Å²) < 4.78 is 37.0. The molecule has 0 heterocycles. The maximum Gasteiger partial charge on any atom is 0.473 e. The molecule has 0 aromatic heterocycles. The average molecular weight is 583 g/mol. The van der Waals surface area contributed by atoms with Crippen molar-refractivity contribution in [1.29, 1.82) is 0 Å². The first-order valence-electron chi connectivity index (χ1n) is 13.8. The van der Waals surface area contributed by atoms with Crippen molar-refractivity contribution in [3.05, 3.63) is 0 Å². The highest BCUT2D eigenvalue weighted by atomic mass is 31.2. The molecule has 0 amide bonds. The van der Waals surface area contributed by atoms with E-state index in [4.69, 9.17) is 18.5 Å². The van der Waals surface area contributed by atoms with Crippen LogP contribution in [-0.2, 0) is 23.1 Å². The maximum atomic E-state index is 13.0. The molecule has 0 bridgehead atoms. The zero-order valence-electron chi connectivity index (χ0n) is 27.8. The smallest absolute Gasteiger partial charge is 0.379 e. The lowest BCUT2D eigenvalue weighted by atomic mass is 10.1. The summed E-state index contributed by atoms with van der Waals surface area (Å²) in [5, 5.41) is -0.124. The summed E-state index contributed by atoms with van der Waals surface area (Å²) in [6.07, 6.45) is 0.951. The maximum absolute atomic E-state index is 13.0. The molecule has 0 saturated heterocycles. The van der Waals surface area contributed by atoms with E-state index in [1.165, 1.54) is 0 Å². The number of phosphoric acid groups is 1. The fourth-order valence-electron chi connectivity index (χ4n) is 4.01. The first-order chi connectivity index (χ1) is 15.8. The molecule has 0 aliphatic rings. The molecule has 0 aliphatic heterocycles. The van der Waals surface area contributed by atoms with Gasteiger partial charge in [0.25, 0.3) is 0 Å². The van der Waals surface area contributed by atoms with Gasteiger partial charge in [-0.1, -0.05) is 67.7 Å². The Bertz CT molecular complexity index is 727. The minimum Gasteiger partial charge on any atom is -0.379 e. The van der Waals surface area contributed by atoms with Gasteiger partial charge in [0.15, 0.2) is 0 Å². The predicted octanol–water partition coefficient (Wildman–Crippen LogP) is 9.14. The molecular formula is C28H63O6PSi2. The first kappa shape index (κ1) is 37.5. The quantitative estimate of drug-likeness (QED) is 0.163. The normalized spacial score (nSPS) is 15.9. The predicted molar refractivity (Wildman–Crippen MR) is 164 cm³/mol. The minimum absolute atomic E-state index is 0.187. The zero-order valence-corrected chi connectivity index (χ0v) is 30.7. The Hall–Kier alpha value is 0.464. The van der Waals surface area contributed by atoms with Crippen molar-refractivity contribution in [3.8, 4) is 0 Å². The van der Waals surface area contributed by atoms with E-state index in [0.29, 0.717) is 26.1 Å². The number of ether oxygens (including phenoxy) is 2. The summed E-state index contributed by atoms with van der Waals surface area (Å²) in [5.41, 5.74) is -1.77. The second-order valence-electron chi connectivity index (χ2n) is 16.1. The molecule has 0 atom stereocenters. The lowest BCUT2D eigenvalue weighted by molar-refractivity contribution is -0.0415. The van der Waals surface area contributed by atoms with Crippen LogP contribution in [0.4, 0.5) is 0 Å². The Balaban J connectivity index is 5.07. The summed E-state index contributed by atoms with van der Waals surface area (Å²) in [6.45, 7) is 39.8. The molecule has 1 N–H and O–H groups in total. The van der Waals surface area contributed by atoms with Gasteiger partial charge < -0.3 is 14.4 Å². The second-order valence-corrected chi connectivity index (χ2v) is 29.3. The molecule has 0 rings (SSSR count). The highest BCUT2D eigenvalue weighted by Crippen LogP contribution is 2.52. The van der Waals surface area contributed by atoms with Crippen molar-refractivity contribution in [2.75, 3.05) is 13.2 Å². The molecule has 37 heavy (non-hydrogen) atoms. The number of hydrogen-bond donors (Lipinski definition) is 1. The van der Waals surface area contributed by atoms with E-state index in [1.54, 1.807) is 27.7 Å². The summed E-state index contributed by atoms with van der Waals surface area (Å²) in [4.78, 5) is 10.6. The van der Waals surface area contributed by atoms with Crippen LogP contribution >= 0.6 is 7.82 Å². The van der Waals surface area contributed by atoms with Crippen LogP contribution in [-0.4, -0.2) is 55.9 Å². The molecule has 9 heteroatoms. The fourth-order valence-corrected chi connectivity index (χ4v) is 10.0. The van der Waals surface area contributed by atoms with E-state index in [-0.39, 0.29) is 20.5 Å². The second kappa shape index (κ2) is 11.8. The van der Waals surface area contributed by atoms with Crippen molar-refractivity contribution in [2.24, 2.45) is 0 Å². The Labute approximate surface area is 232 Å². The highest BCUT2D eigenvalue weighted by molar-refractivity contribution is 7.47. The molecule has 0 saturated carbocycles. The highest BCUT2D eigenvalue weighted by Gasteiger charge is 2.50. The van der Waals surface area contributed by atoms with Gasteiger partial charge in [0.1, 0.15) is 0 Å². The van der Waals surface area contributed by atoms with Gasteiger partial charge in [0.05, 0.1) is 37.8 Å². The molecule has 0 fully saturated rings. The molecule has 0 aromatic carbocycles. The van der Waals surface area contributed by atoms with Crippen LogP contribution in [0, 0.1) is 0 Å². The number of rotatable bonds is 14. The Morgan fingerprint density at radius 1 is 0.568 bits per heavy atom. The molecule has 0 aliphatic carbocycles. The van der Waals surface area contributed by atoms with Gasteiger partial charge in [-0.15, -0.1) is 0 Å². The molecule has 6 nitrogen and oxygen atoms in total. The third kappa shape index (κ3) is 10.4. The van der Waals surface area contributed by atoms with Crippen LogP contribution in [0.15, 0.2) is 0 Å². The molecule has 0 aromatic rings. The lowest BCUT2D eigenvalue weighted by Crippen LogP contribution is -2.58. The molecule has 0 radical (unpaired) electrons. The van der Waals surface area contributed by atoms with E-state index >= 15 is 0 Å². The van der Waals surface area contributed by atoms with Gasteiger partial charge in [-0.2, -0.15) is 0 Å². The van der Waals surface area contributed by atoms with Crippen LogP contribution in [0.1, 0.15) is 110 Å². The van der Waals surface area contributed by atoms with Crippen molar-refractivity contribution >= 4 is 24.0 Å². The van der Waals surface area contributed by atoms with Gasteiger partial charge >= 0.3 is 7.82 Å². The van der Waals surface area contributed by atoms with Crippen LogP contribution in [0.3, 0.4) is 0 Å². The fraction of sp³-hybridized carbons (Fsp3) is 1.00. The van der Waals surface area contributed by atoms with Crippen LogP contribution in [0.5, 0.6) is 0 Å². The zero-order chi connectivity index (χ0) is 30.2. The summed E-state index contributed by atoms with van der Waals surface area (Å²) in [6, 6.07) is 0. The SMILES string of the molecule is CC(C)(CCOC(C)(C)[Si](C)(C)C(C)(C)C)OP(=O)(O)OC(C)(C)CCOC(C)(C)[Si](C)(C)C(C)(C)C. The lowest BCUT2D eigenvalue weighted by Gasteiger charge is -2.48. The molecule has 0 unspecified atom stereocenters. The number of hydrogen-bond acceptors (Lipinski definition) is 5. The van der Waals surface area contributed by atoms with Crippen molar-refractivity contribution in [2.45, 2.75) is 168 Å². The van der Waals surface area contributed by atoms with Crippen LogP contribution < -0.4 is 0 Å². The third-order valence-corrected chi connectivity index (χ3v) is 25.1.